The van der Waals surface area contributed by atoms with Crippen LogP contribution in [0, 0.1) is 5.92 Å². The van der Waals surface area contributed by atoms with E-state index < -0.39 is 0 Å². The van der Waals surface area contributed by atoms with Crippen LogP contribution in [0.5, 0.6) is 0 Å². The summed E-state index contributed by atoms with van der Waals surface area (Å²) in [6, 6.07) is 0. The van der Waals surface area contributed by atoms with E-state index in [-0.39, 0.29) is 24.0 Å². The number of aliphatic imine (C=N–C) groups is 1. The van der Waals surface area contributed by atoms with Gasteiger partial charge in [0.15, 0.2) is 5.96 Å². The van der Waals surface area contributed by atoms with Gasteiger partial charge in [-0.05, 0) is 19.8 Å². The van der Waals surface area contributed by atoms with Gasteiger partial charge in [-0.3, -0.25) is 4.99 Å². The fourth-order valence-electron chi connectivity index (χ4n) is 2.02. The highest BCUT2D eigenvalue weighted by Gasteiger charge is 2.18. The minimum absolute atomic E-state index is 0. The summed E-state index contributed by atoms with van der Waals surface area (Å²) < 4.78 is 5.39. The molecule has 18 heavy (non-hydrogen) atoms. The molecule has 0 aliphatic carbocycles. The first-order valence-electron chi connectivity index (χ1n) is 6.38. The molecule has 0 aromatic rings. The van der Waals surface area contributed by atoms with Gasteiger partial charge < -0.3 is 15.0 Å². The second-order valence-electron chi connectivity index (χ2n) is 4.44. The van der Waals surface area contributed by atoms with Gasteiger partial charge in [0.25, 0.3) is 0 Å². The fourth-order valence-corrected chi connectivity index (χ4v) is 2.02. The predicted octanol–water partition coefficient (Wildman–Crippen LogP) is 2.11. The monoisotopic (exact) mass is 367 g/mol. The zero-order valence-corrected chi connectivity index (χ0v) is 14.0. The molecule has 1 saturated heterocycles. The van der Waals surface area contributed by atoms with Crippen LogP contribution >= 0.6 is 24.0 Å². The van der Waals surface area contributed by atoms with E-state index in [2.05, 4.69) is 34.4 Å². The maximum absolute atomic E-state index is 5.39. The van der Waals surface area contributed by atoms with Crippen LogP contribution in [0.2, 0.25) is 0 Å². The molecular weight excluding hydrogens is 341 g/mol. The summed E-state index contributed by atoms with van der Waals surface area (Å²) >= 11 is 0. The number of hydrogen-bond donors (Lipinski definition) is 1. The summed E-state index contributed by atoms with van der Waals surface area (Å²) in [6.07, 6.45) is 6.44. The highest BCUT2D eigenvalue weighted by Crippen LogP contribution is 2.13. The predicted molar refractivity (Wildman–Crippen MR) is 87.8 cm³/mol. The lowest BCUT2D eigenvalue weighted by atomic mass is 10.1. The molecule has 1 atom stereocenters. The first-order valence-corrected chi connectivity index (χ1v) is 6.38. The summed E-state index contributed by atoms with van der Waals surface area (Å²) in [5, 5.41) is 3.36. The molecule has 0 saturated carbocycles. The van der Waals surface area contributed by atoms with Crippen LogP contribution in [0.15, 0.2) is 17.1 Å². The van der Waals surface area contributed by atoms with Crippen LogP contribution in [0.4, 0.5) is 0 Å². The van der Waals surface area contributed by atoms with Crippen molar-refractivity contribution in [3.8, 4) is 0 Å². The van der Waals surface area contributed by atoms with Gasteiger partial charge in [0.1, 0.15) is 0 Å². The van der Waals surface area contributed by atoms with E-state index in [0.29, 0.717) is 5.92 Å². The lowest BCUT2D eigenvalue weighted by molar-refractivity contribution is 0.181. The number of halogens is 1. The molecule has 1 aliphatic rings. The van der Waals surface area contributed by atoms with Crippen molar-refractivity contribution in [2.24, 2.45) is 10.9 Å². The van der Waals surface area contributed by atoms with Crippen molar-refractivity contribution < 1.29 is 4.74 Å². The van der Waals surface area contributed by atoms with E-state index in [9.17, 15) is 0 Å². The van der Waals surface area contributed by atoms with E-state index >= 15 is 0 Å². The number of rotatable bonds is 5. The third kappa shape index (κ3) is 6.58. The molecule has 1 fully saturated rings. The molecule has 1 unspecified atom stereocenters. The maximum atomic E-state index is 5.39. The van der Waals surface area contributed by atoms with Crippen LogP contribution in [-0.4, -0.2) is 51.3 Å². The van der Waals surface area contributed by atoms with Gasteiger partial charge in [0, 0.05) is 39.7 Å². The van der Waals surface area contributed by atoms with Crippen molar-refractivity contribution in [2.45, 2.75) is 19.8 Å². The smallest absolute Gasteiger partial charge is 0.193 e. The SMILES string of the molecule is C/C=C/CCNC(=NC)N(C)CC1CCOC1.I. The molecule has 0 aromatic heterocycles. The number of nitrogens with one attached hydrogen (secondary N) is 1. The standard InChI is InChI=1S/C13H25N3O.HI/c1-4-5-6-8-15-13(14-2)16(3)10-12-7-9-17-11-12;/h4-5,12H,6-11H2,1-3H3,(H,14,15);1H/b5-4+;. The van der Waals surface area contributed by atoms with E-state index in [0.717, 1.165) is 38.7 Å². The number of guanidine groups is 1. The van der Waals surface area contributed by atoms with Crippen LogP contribution in [-0.2, 0) is 4.74 Å². The lowest BCUT2D eigenvalue weighted by Gasteiger charge is -2.24. The fraction of sp³-hybridized carbons (Fsp3) is 0.769. The molecule has 1 aliphatic heterocycles. The highest BCUT2D eigenvalue weighted by atomic mass is 127. The topological polar surface area (TPSA) is 36.9 Å². The molecule has 1 N–H and O–H groups in total. The van der Waals surface area contributed by atoms with Crippen molar-refractivity contribution in [1.82, 2.24) is 10.2 Å². The zero-order valence-electron chi connectivity index (χ0n) is 11.7. The Morgan fingerprint density at radius 1 is 1.56 bits per heavy atom. The molecule has 0 amide bonds. The van der Waals surface area contributed by atoms with Crippen LogP contribution < -0.4 is 5.32 Å². The maximum Gasteiger partial charge on any atom is 0.193 e. The van der Waals surface area contributed by atoms with E-state index in [4.69, 9.17) is 4.74 Å². The molecule has 0 aromatic carbocycles. The quantitative estimate of drug-likeness (QED) is 0.266. The third-order valence-electron chi connectivity index (χ3n) is 2.96. The molecule has 4 nitrogen and oxygen atoms in total. The van der Waals surface area contributed by atoms with Gasteiger partial charge in [0.2, 0.25) is 0 Å². The Bertz CT molecular complexity index is 263. The Balaban J connectivity index is 0.00000289. The molecule has 0 bridgehead atoms. The Morgan fingerprint density at radius 3 is 2.89 bits per heavy atom. The van der Waals surface area contributed by atoms with Gasteiger partial charge >= 0.3 is 0 Å². The van der Waals surface area contributed by atoms with Gasteiger partial charge in [-0.15, -0.1) is 24.0 Å². The van der Waals surface area contributed by atoms with Crippen LogP contribution in [0.1, 0.15) is 19.8 Å². The largest absolute Gasteiger partial charge is 0.381 e. The minimum atomic E-state index is 0. The average molecular weight is 367 g/mol. The number of allylic oxidation sites excluding steroid dienone is 1. The Hall–Kier alpha value is -0.300. The van der Waals surface area contributed by atoms with Crippen LogP contribution in [0.3, 0.4) is 0 Å². The summed E-state index contributed by atoms with van der Waals surface area (Å²) in [7, 11) is 3.92. The van der Waals surface area contributed by atoms with E-state index in [1.807, 2.05) is 14.0 Å². The first-order chi connectivity index (χ1) is 8.27. The van der Waals surface area contributed by atoms with Gasteiger partial charge in [-0.1, -0.05) is 12.2 Å². The summed E-state index contributed by atoms with van der Waals surface area (Å²) in [6.45, 7) is 5.79. The Labute approximate surface area is 128 Å². The Kier molecular flexibility index (Phi) is 10.4. The number of ether oxygens (including phenoxy) is 1. The number of nitrogens with zero attached hydrogens (tertiary/aromatic N) is 2. The molecule has 106 valence electrons. The van der Waals surface area contributed by atoms with Crippen molar-refractivity contribution in [2.75, 3.05) is 40.4 Å². The molecule has 0 radical (unpaired) electrons. The van der Waals surface area contributed by atoms with E-state index in [1.165, 1.54) is 6.42 Å². The van der Waals surface area contributed by atoms with Gasteiger partial charge in [-0.2, -0.15) is 0 Å². The third-order valence-corrected chi connectivity index (χ3v) is 2.96. The van der Waals surface area contributed by atoms with Crippen molar-refractivity contribution >= 4 is 29.9 Å². The molecule has 5 heteroatoms. The van der Waals surface area contributed by atoms with Crippen LogP contribution in [0.25, 0.3) is 0 Å². The summed E-state index contributed by atoms with van der Waals surface area (Å²) in [4.78, 5) is 6.48. The van der Waals surface area contributed by atoms with E-state index in [1.54, 1.807) is 0 Å². The second-order valence-corrected chi connectivity index (χ2v) is 4.44. The highest BCUT2D eigenvalue weighted by molar-refractivity contribution is 14.0. The lowest BCUT2D eigenvalue weighted by Crippen LogP contribution is -2.41. The molecular formula is C13H26IN3O. The molecule has 0 spiro atoms. The van der Waals surface area contributed by atoms with Crippen molar-refractivity contribution in [3.63, 3.8) is 0 Å². The normalized spacial score (nSPS) is 19.9. The molecule has 1 rings (SSSR count). The summed E-state index contributed by atoms with van der Waals surface area (Å²) in [5.41, 5.74) is 0. The minimum Gasteiger partial charge on any atom is -0.381 e. The first kappa shape index (κ1) is 17.7. The van der Waals surface area contributed by atoms with Crippen molar-refractivity contribution in [1.29, 1.82) is 0 Å². The average Bonchev–Trinajstić information content (AvgIpc) is 2.82. The van der Waals surface area contributed by atoms with Gasteiger partial charge in [0.05, 0.1) is 6.61 Å². The van der Waals surface area contributed by atoms with Crippen molar-refractivity contribution in [3.05, 3.63) is 12.2 Å². The molecule has 1 heterocycles. The number of hydrogen-bond acceptors (Lipinski definition) is 2. The summed E-state index contributed by atoms with van der Waals surface area (Å²) in [5.74, 6) is 1.62. The van der Waals surface area contributed by atoms with Gasteiger partial charge in [-0.25, -0.2) is 0 Å². The zero-order chi connectivity index (χ0) is 12.5. The second kappa shape index (κ2) is 10.6. The Morgan fingerprint density at radius 2 is 2.33 bits per heavy atom.